The van der Waals surface area contributed by atoms with Gasteiger partial charge < -0.3 is 14.2 Å². The molecule has 0 aliphatic rings. The predicted octanol–water partition coefficient (Wildman–Crippen LogP) is 2.42. The van der Waals surface area contributed by atoms with Gasteiger partial charge in [0.15, 0.2) is 0 Å². The molecule has 94 valence electrons. The molecule has 0 aromatic heterocycles. The molecule has 0 spiro atoms. The Bertz CT molecular complexity index is 332. The topological polar surface area (TPSA) is 44.8 Å². The van der Waals surface area contributed by atoms with Crippen molar-refractivity contribution in [1.82, 2.24) is 0 Å². The van der Waals surface area contributed by atoms with Crippen LogP contribution < -0.4 is 9.47 Å². The average molecular weight is 238 g/mol. The summed E-state index contributed by atoms with van der Waals surface area (Å²) in [5.74, 6) is 1.39. The monoisotopic (exact) mass is 238 g/mol. The van der Waals surface area contributed by atoms with Crippen molar-refractivity contribution in [2.45, 2.75) is 19.8 Å². The molecular formula is C13H18O4. The van der Waals surface area contributed by atoms with Gasteiger partial charge in [-0.3, -0.25) is 4.79 Å². The van der Waals surface area contributed by atoms with Crippen LogP contribution in [0.25, 0.3) is 0 Å². The number of rotatable bonds is 7. The SMILES string of the molecule is CCOC(=O)CCCOc1ccc(OC)cc1. The summed E-state index contributed by atoms with van der Waals surface area (Å²) < 4.78 is 15.3. The second-order valence-electron chi connectivity index (χ2n) is 3.43. The van der Waals surface area contributed by atoms with Gasteiger partial charge in [0.05, 0.1) is 20.3 Å². The molecule has 1 rings (SSSR count). The maximum atomic E-state index is 11.0. The van der Waals surface area contributed by atoms with Crippen LogP contribution in [0.2, 0.25) is 0 Å². The molecule has 0 N–H and O–H groups in total. The highest BCUT2D eigenvalue weighted by Crippen LogP contribution is 2.17. The van der Waals surface area contributed by atoms with Crippen LogP contribution in [-0.4, -0.2) is 26.3 Å². The molecule has 0 aliphatic carbocycles. The largest absolute Gasteiger partial charge is 0.497 e. The van der Waals surface area contributed by atoms with E-state index in [0.29, 0.717) is 26.1 Å². The van der Waals surface area contributed by atoms with Crippen LogP contribution in [0, 0.1) is 0 Å². The Morgan fingerprint density at radius 3 is 2.41 bits per heavy atom. The minimum Gasteiger partial charge on any atom is -0.497 e. The van der Waals surface area contributed by atoms with Crippen LogP contribution in [-0.2, 0) is 9.53 Å². The van der Waals surface area contributed by atoms with Crippen molar-refractivity contribution in [3.63, 3.8) is 0 Å². The summed E-state index contributed by atoms with van der Waals surface area (Å²) in [4.78, 5) is 11.0. The first-order chi connectivity index (χ1) is 8.26. The first-order valence-corrected chi connectivity index (χ1v) is 5.68. The maximum absolute atomic E-state index is 11.0. The van der Waals surface area contributed by atoms with Crippen molar-refractivity contribution in [1.29, 1.82) is 0 Å². The van der Waals surface area contributed by atoms with Gasteiger partial charge in [-0.2, -0.15) is 0 Å². The van der Waals surface area contributed by atoms with Gasteiger partial charge in [0.2, 0.25) is 0 Å². The summed E-state index contributed by atoms with van der Waals surface area (Å²) in [7, 11) is 1.62. The highest BCUT2D eigenvalue weighted by Gasteiger charge is 2.01. The van der Waals surface area contributed by atoms with Crippen LogP contribution in [0.3, 0.4) is 0 Å². The Balaban J connectivity index is 2.19. The molecule has 17 heavy (non-hydrogen) atoms. The Morgan fingerprint density at radius 2 is 1.82 bits per heavy atom. The van der Waals surface area contributed by atoms with E-state index in [1.165, 1.54) is 0 Å². The molecule has 0 heterocycles. The van der Waals surface area contributed by atoms with Gasteiger partial charge >= 0.3 is 5.97 Å². The molecule has 1 aromatic carbocycles. The summed E-state index contributed by atoms with van der Waals surface area (Å²) in [5, 5.41) is 0. The number of hydrogen-bond donors (Lipinski definition) is 0. The van der Waals surface area contributed by atoms with E-state index in [0.717, 1.165) is 11.5 Å². The third-order valence-electron chi connectivity index (χ3n) is 2.16. The zero-order valence-corrected chi connectivity index (χ0v) is 10.3. The lowest BCUT2D eigenvalue weighted by Gasteiger charge is -2.06. The number of carbonyl (C=O) groups excluding carboxylic acids is 1. The zero-order valence-electron chi connectivity index (χ0n) is 10.3. The van der Waals surface area contributed by atoms with E-state index in [1.54, 1.807) is 14.0 Å². The number of benzene rings is 1. The van der Waals surface area contributed by atoms with Gasteiger partial charge in [-0.1, -0.05) is 0 Å². The van der Waals surface area contributed by atoms with E-state index in [-0.39, 0.29) is 5.97 Å². The van der Waals surface area contributed by atoms with Gasteiger partial charge in [-0.05, 0) is 37.6 Å². The first-order valence-electron chi connectivity index (χ1n) is 5.68. The second-order valence-corrected chi connectivity index (χ2v) is 3.43. The lowest BCUT2D eigenvalue weighted by atomic mass is 10.3. The highest BCUT2D eigenvalue weighted by molar-refractivity contribution is 5.69. The second kappa shape index (κ2) is 7.54. The Morgan fingerprint density at radius 1 is 1.18 bits per heavy atom. The lowest BCUT2D eigenvalue weighted by molar-refractivity contribution is -0.143. The summed E-state index contributed by atoms with van der Waals surface area (Å²) in [6.07, 6.45) is 1.05. The fourth-order valence-corrected chi connectivity index (χ4v) is 1.31. The van der Waals surface area contributed by atoms with Crippen molar-refractivity contribution < 1.29 is 19.0 Å². The summed E-state index contributed by atoms with van der Waals surface area (Å²) >= 11 is 0. The molecular weight excluding hydrogens is 220 g/mol. The van der Waals surface area contributed by atoms with Crippen LogP contribution >= 0.6 is 0 Å². The van der Waals surface area contributed by atoms with Crippen LogP contribution in [0.5, 0.6) is 11.5 Å². The van der Waals surface area contributed by atoms with Crippen LogP contribution in [0.4, 0.5) is 0 Å². The van der Waals surface area contributed by atoms with Crippen LogP contribution in [0.15, 0.2) is 24.3 Å². The summed E-state index contributed by atoms with van der Waals surface area (Å²) in [5.41, 5.74) is 0. The van der Waals surface area contributed by atoms with Crippen molar-refractivity contribution in [3.05, 3.63) is 24.3 Å². The molecule has 4 heteroatoms. The molecule has 0 fully saturated rings. The van der Waals surface area contributed by atoms with Gasteiger partial charge in [0, 0.05) is 6.42 Å². The van der Waals surface area contributed by atoms with Gasteiger partial charge in [-0.25, -0.2) is 0 Å². The number of methoxy groups -OCH3 is 1. The molecule has 0 unspecified atom stereocenters. The molecule has 0 radical (unpaired) electrons. The van der Waals surface area contributed by atoms with E-state index >= 15 is 0 Å². The Labute approximate surface area is 101 Å². The molecule has 1 aromatic rings. The van der Waals surface area contributed by atoms with E-state index in [2.05, 4.69) is 0 Å². The van der Waals surface area contributed by atoms with Crippen molar-refractivity contribution in [3.8, 4) is 11.5 Å². The Kier molecular flexibility index (Phi) is 5.93. The lowest BCUT2D eigenvalue weighted by Crippen LogP contribution is -2.06. The fraction of sp³-hybridized carbons (Fsp3) is 0.462. The molecule has 0 atom stereocenters. The molecule has 4 nitrogen and oxygen atoms in total. The Hall–Kier alpha value is -1.71. The van der Waals surface area contributed by atoms with Crippen molar-refractivity contribution in [2.75, 3.05) is 20.3 Å². The van der Waals surface area contributed by atoms with Gasteiger partial charge in [0.25, 0.3) is 0 Å². The van der Waals surface area contributed by atoms with E-state index < -0.39 is 0 Å². The third-order valence-corrected chi connectivity index (χ3v) is 2.16. The van der Waals surface area contributed by atoms with Gasteiger partial charge in [0.1, 0.15) is 11.5 Å². The van der Waals surface area contributed by atoms with Crippen LogP contribution in [0.1, 0.15) is 19.8 Å². The maximum Gasteiger partial charge on any atom is 0.305 e. The zero-order chi connectivity index (χ0) is 12.5. The average Bonchev–Trinajstić information content (AvgIpc) is 2.36. The van der Waals surface area contributed by atoms with Crippen molar-refractivity contribution in [2.24, 2.45) is 0 Å². The normalized spacial score (nSPS) is 9.76. The summed E-state index contributed by atoms with van der Waals surface area (Å²) in [6, 6.07) is 7.34. The molecule has 0 saturated heterocycles. The molecule has 0 saturated carbocycles. The van der Waals surface area contributed by atoms with Crippen molar-refractivity contribution >= 4 is 5.97 Å². The standard InChI is InChI=1S/C13H18O4/c1-3-16-13(14)5-4-10-17-12-8-6-11(15-2)7-9-12/h6-9H,3-5,10H2,1-2H3. The van der Waals surface area contributed by atoms with E-state index in [9.17, 15) is 4.79 Å². The smallest absolute Gasteiger partial charge is 0.305 e. The van der Waals surface area contributed by atoms with Gasteiger partial charge in [-0.15, -0.1) is 0 Å². The van der Waals surface area contributed by atoms with E-state index in [4.69, 9.17) is 14.2 Å². The first kappa shape index (κ1) is 13.4. The molecule has 0 amide bonds. The number of hydrogen-bond acceptors (Lipinski definition) is 4. The minimum atomic E-state index is -0.175. The number of ether oxygens (including phenoxy) is 3. The number of carbonyl (C=O) groups is 1. The van der Waals surface area contributed by atoms with E-state index in [1.807, 2.05) is 24.3 Å². The minimum absolute atomic E-state index is 0.175. The quantitative estimate of drug-likeness (QED) is 0.540. The molecule has 0 aliphatic heterocycles. The molecule has 0 bridgehead atoms. The highest BCUT2D eigenvalue weighted by atomic mass is 16.5. The number of esters is 1. The summed E-state index contributed by atoms with van der Waals surface area (Å²) in [6.45, 7) is 2.73. The third kappa shape index (κ3) is 5.24. The fourth-order valence-electron chi connectivity index (χ4n) is 1.31. The predicted molar refractivity (Wildman–Crippen MR) is 64.4 cm³/mol.